The summed E-state index contributed by atoms with van der Waals surface area (Å²) in [4.78, 5) is 22.2. The summed E-state index contributed by atoms with van der Waals surface area (Å²) in [6.45, 7) is 0.716. The van der Waals surface area contributed by atoms with Crippen molar-refractivity contribution in [2.45, 2.75) is 24.6 Å². The number of anilines is 1. The molecule has 0 aliphatic carbocycles. The first-order chi connectivity index (χ1) is 18.3. The second kappa shape index (κ2) is 11.8. The van der Waals surface area contributed by atoms with Gasteiger partial charge in [0.15, 0.2) is 5.75 Å². The highest BCUT2D eigenvalue weighted by atomic mass is 32.2. The Morgan fingerprint density at radius 2 is 1.45 bits per heavy atom. The molecule has 0 unspecified atom stereocenters. The molecule has 4 aromatic rings. The van der Waals surface area contributed by atoms with E-state index in [1.807, 2.05) is 47.4 Å². The number of carboxylic acids is 1. The summed E-state index contributed by atoms with van der Waals surface area (Å²) in [7, 11) is -1.29. The number of rotatable bonds is 11. The molecule has 0 atom stereocenters. The van der Waals surface area contributed by atoms with Crippen molar-refractivity contribution in [3.05, 3.63) is 114 Å². The van der Waals surface area contributed by atoms with Gasteiger partial charge in [-0.2, -0.15) is 0 Å². The lowest BCUT2D eigenvalue weighted by Crippen LogP contribution is -2.27. The van der Waals surface area contributed by atoms with Crippen LogP contribution in [0.2, 0.25) is 0 Å². The van der Waals surface area contributed by atoms with Crippen LogP contribution in [0.4, 0.5) is 5.69 Å². The quantitative estimate of drug-likeness (QED) is 0.306. The SMILES string of the molecule is CN(C)S(=O)(=O)c1cc(C(=O)O)cc(N(Cc2cccnc2)Cc2cccnc2)c1OCc1ccccc1. The van der Waals surface area contributed by atoms with Crippen molar-refractivity contribution in [2.75, 3.05) is 19.0 Å². The molecule has 10 heteroatoms. The molecule has 0 fully saturated rings. The smallest absolute Gasteiger partial charge is 0.335 e. The van der Waals surface area contributed by atoms with Gasteiger partial charge in [-0.15, -0.1) is 0 Å². The van der Waals surface area contributed by atoms with Crippen molar-refractivity contribution in [3.63, 3.8) is 0 Å². The lowest BCUT2D eigenvalue weighted by Gasteiger charge is -2.29. The topological polar surface area (TPSA) is 113 Å². The number of carboxylic acid groups (broad SMARTS) is 1. The average molecular weight is 533 g/mol. The zero-order valence-electron chi connectivity index (χ0n) is 21.1. The predicted molar refractivity (Wildman–Crippen MR) is 143 cm³/mol. The number of nitrogens with zero attached hydrogens (tertiary/aromatic N) is 4. The van der Waals surface area contributed by atoms with Crippen LogP contribution in [0.25, 0.3) is 0 Å². The van der Waals surface area contributed by atoms with Crippen LogP contribution >= 0.6 is 0 Å². The van der Waals surface area contributed by atoms with E-state index >= 15 is 0 Å². The maximum absolute atomic E-state index is 13.4. The van der Waals surface area contributed by atoms with E-state index < -0.39 is 16.0 Å². The summed E-state index contributed by atoms with van der Waals surface area (Å²) < 4.78 is 34.1. The van der Waals surface area contributed by atoms with Gasteiger partial charge in [-0.1, -0.05) is 42.5 Å². The van der Waals surface area contributed by atoms with Gasteiger partial charge in [-0.25, -0.2) is 17.5 Å². The van der Waals surface area contributed by atoms with Gasteiger partial charge in [0.25, 0.3) is 0 Å². The van der Waals surface area contributed by atoms with E-state index in [2.05, 4.69) is 9.97 Å². The number of hydrogen-bond donors (Lipinski definition) is 1. The zero-order chi connectivity index (χ0) is 27.1. The first-order valence-electron chi connectivity index (χ1n) is 11.8. The van der Waals surface area contributed by atoms with Crippen LogP contribution in [-0.2, 0) is 29.7 Å². The first-order valence-corrected chi connectivity index (χ1v) is 13.2. The van der Waals surface area contributed by atoms with Crippen molar-refractivity contribution in [1.82, 2.24) is 14.3 Å². The van der Waals surface area contributed by atoms with Gasteiger partial charge in [0.05, 0.1) is 11.3 Å². The first kappa shape index (κ1) is 26.8. The van der Waals surface area contributed by atoms with Gasteiger partial charge in [0.1, 0.15) is 11.5 Å². The van der Waals surface area contributed by atoms with E-state index in [-0.39, 0.29) is 22.8 Å². The third-order valence-corrected chi connectivity index (χ3v) is 7.62. The van der Waals surface area contributed by atoms with Crippen molar-refractivity contribution in [2.24, 2.45) is 0 Å². The van der Waals surface area contributed by atoms with Gasteiger partial charge in [0.2, 0.25) is 10.0 Å². The molecule has 0 spiro atoms. The standard InChI is InChI=1S/C28H28N4O5S/c1-31(2)38(35,36)26-15-24(28(33)34)14-25(27(26)37-20-21-8-4-3-5-9-21)32(18-22-10-6-12-29-16-22)19-23-11-7-13-30-17-23/h3-17H,18-20H2,1-2H3,(H,33,34). The maximum Gasteiger partial charge on any atom is 0.335 e. The molecular weight excluding hydrogens is 504 g/mol. The Balaban J connectivity index is 1.92. The fourth-order valence-electron chi connectivity index (χ4n) is 3.86. The van der Waals surface area contributed by atoms with E-state index in [1.54, 1.807) is 36.9 Å². The maximum atomic E-state index is 13.4. The van der Waals surface area contributed by atoms with Crippen molar-refractivity contribution in [1.29, 1.82) is 0 Å². The van der Waals surface area contributed by atoms with Crippen molar-refractivity contribution in [3.8, 4) is 5.75 Å². The third-order valence-electron chi connectivity index (χ3n) is 5.80. The van der Waals surface area contributed by atoms with E-state index in [0.717, 1.165) is 27.1 Å². The van der Waals surface area contributed by atoms with Crippen LogP contribution < -0.4 is 9.64 Å². The van der Waals surface area contributed by atoms with Gasteiger partial charge < -0.3 is 14.7 Å². The molecule has 2 heterocycles. The Kier molecular flexibility index (Phi) is 8.35. The summed E-state index contributed by atoms with van der Waals surface area (Å²) in [5.41, 5.74) is 2.69. The molecule has 2 aromatic heterocycles. The van der Waals surface area contributed by atoms with Gasteiger partial charge in [0, 0.05) is 52.0 Å². The second-order valence-electron chi connectivity index (χ2n) is 8.77. The van der Waals surface area contributed by atoms with Crippen LogP contribution in [0.3, 0.4) is 0 Å². The normalized spacial score (nSPS) is 11.3. The highest BCUT2D eigenvalue weighted by molar-refractivity contribution is 7.89. The van der Waals surface area contributed by atoms with Crippen LogP contribution in [-0.4, -0.2) is 47.9 Å². The Bertz CT molecular complexity index is 1440. The minimum absolute atomic E-state index is 0.0698. The number of ether oxygens (including phenoxy) is 1. The molecule has 0 aliphatic heterocycles. The largest absolute Gasteiger partial charge is 0.485 e. The number of hydrogen-bond acceptors (Lipinski definition) is 7. The van der Waals surface area contributed by atoms with Crippen LogP contribution in [0.1, 0.15) is 27.0 Å². The number of benzene rings is 2. The monoisotopic (exact) mass is 532 g/mol. The van der Waals surface area contributed by atoms with Crippen LogP contribution in [0, 0.1) is 0 Å². The van der Waals surface area contributed by atoms with Crippen LogP contribution in [0.5, 0.6) is 5.75 Å². The van der Waals surface area contributed by atoms with Crippen LogP contribution in [0.15, 0.2) is 96.4 Å². The highest BCUT2D eigenvalue weighted by Crippen LogP contribution is 2.39. The Hall–Kier alpha value is -4.28. The number of aromatic nitrogens is 2. The molecule has 196 valence electrons. The molecular formula is C28H28N4O5S. The summed E-state index contributed by atoms with van der Waals surface area (Å²) in [5, 5.41) is 9.91. The molecule has 0 bridgehead atoms. The van der Waals surface area contributed by atoms with E-state index in [1.165, 1.54) is 20.2 Å². The van der Waals surface area contributed by atoms with Crippen molar-refractivity contribution >= 4 is 21.7 Å². The summed E-state index contributed by atoms with van der Waals surface area (Å²) >= 11 is 0. The van der Waals surface area contributed by atoms with E-state index in [9.17, 15) is 18.3 Å². The zero-order valence-corrected chi connectivity index (χ0v) is 21.9. The molecule has 9 nitrogen and oxygen atoms in total. The molecule has 0 saturated heterocycles. The molecule has 0 radical (unpaired) electrons. The molecule has 0 amide bonds. The Labute approximate surface area is 222 Å². The summed E-state index contributed by atoms with van der Waals surface area (Å²) in [5.74, 6) is -1.18. The molecule has 0 aliphatic rings. The Morgan fingerprint density at radius 3 is 1.95 bits per heavy atom. The van der Waals surface area contributed by atoms with Gasteiger partial charge in [-0.3, -0.25) is 9.97 Å². The third kappa shape index (κ3) is 6.34. The lowest BCUT2D eigenvalue weighted by atomic mass is 10.1. The molecule has 1 N–H and O–H groups in total. The molecule has 4 rings (SSSR count). The summed E-state index contributed by atoms with van der Waals surface area (Å²) in [6.07, 6.45) is 6.74. The van der Waals surface area contributed by atoms with E-state index in [0.29, 0.717) is 18.8 Å². The fraction of sp³-hybridized carbons (Fsp3) is 0.179. The number of carbonyl (C=O) groups is 1. The number of aromatic carboxylic acids is 1. The van der Waals surface area contributed by atoms with E-state index in [4.69, 9.17) is 4.74 Å². The molecule has 38 heavy (non-hydrogen) atoms. The Morgan fingerprint density at radius 1 is 0.868 bits per heavy atom. The average Bonchev–Trinajstić information content (AvgIpc) is 2.92. The lowest BCUT2D eigenvalue weighted by molar-refractivity contribution is 0.0696. The predicted octanol–water partition coefficient (Wildman–Crippen LogP) is 4.21. The van der Waals surface area contributed by atoms with Gasteiger partial charge in [-0.05, 0) is 41.0 Å². The van der Waals surface area contributed by atoms with Crippen molar-refractivity contribution < 1.29 is 23.1 Å². The molecule has 2 aromatic carbocycles. The number of sulfonamides is 1. The molecule has 0 saturated carbocycles. The summed E-state index contributed by atoms with van der Waals surface area (Å²) in [6, 6.07) is 19.3. The van der Waals surface area contributed by atoms with Gasteiger partial charge >= 0.3 is 5.97 Å². The highest BCUT2D eigenvalue weighted by Gasteiger charge is 2.29. The minimum Gasteiger partial charge on any atom is -0.485 e. The minimum atomic E-state index is -4.08. The second-order valence-corrected chi connectivity index (χ2v) is 10.9. The number of pyridine rings is 2. The fourth-order valence-corrected chi connectivity index (χ4v) is 4.93.